The van der Waals surface area contributed by atoms with E-state index in [2.05, 4.69) is 15.0 Å². The Morgan fingerprint density at radius 3 is 2.70 bits per heavy atom. The first-order valence-corrected chi connectivity index (χ1v) is 7.27. The molecule has 1 atom stereocenters. The summed E-state index contributed by atoms with van der Waals surface area (Å²) in [7, 11) is 3.64. The van der Waals surface area contributed by atoms with Crippen molar-refractivity contribution in [2.45, 2.75) is 18.7 Å². The van der Waals surface area contributed by atoms with Crippen LogP contribution < -0.4 is 16.4 Å². The number of ether oxygens (including phenoxy) is 1. The van der Waals surface area contributed by atoms with Crippen LogP contribution in [0.15, 0.2) is 0 Å². The van der Waals surface area contributed by atoms with Crippen molar-refractivity contribution in [1.29, 1.82) is 0 Å². The number of hydrogen-bond acceptors (Lipinski definition) is 9. The topological polar surface area (TPSA) is 120 Å². The highest BCUT2D eigenvalue weighted by Gasteiger charge is 2.15. The maximum atomic E-state index is 11.4. The van der Waals surface area contributed by atoms with Crippen LogP contribution in [-0.2, 0) is 15.3 Å². The second kappa shape index (κ2) is 7.85. The third kappa shape index (κ3) is 5.17. The van der Waals surface area contributed by atoms with Gasteiger partial charge in [0.25, 0.3) is 0 Å². The molecule has 0 fully saturated rings. The number of nitrogen functional groups attached to an aromatic ring is 1. The molecule has 1 aromatic rings. The van der Waals surface area contributed by atoms with Crippen LogP contribution in [0.25, 0.3) is 0 Å². The highest BCUT2D eigenvalue weighted by atomic mass is 32.2. The van der Waals surface area contributed by atoms with Gasteiger partial charge in [-0.1, -0.05) is 0 Å². The molecular formula is C11H20N6O2S. The average Bonchev–Trinajstić information content (AvgIpc) is 2.38. The molecule has 0 saturated carbocycles. The Morgan fingerprint density at radius 2 is 2.10 bits per heavy atom. The summed E-state index contributed by atoms with van der Waals surface area (Å²) in [6.07, 6.45) is 0. The van der Waals surface area contributed by atoms with Crippen LogP contribution in [0.5, 0.6) is 0 Å². The van der Waals surface area contributed by atoms with Crippen LogP contribution in [0.3, 0.4) is 0 Å². The molecule has 20 heavy (non-hydrogen) atoms. The van der Waals surface area contributed by atoms with E-state index in [1.807, 2.05) is 14.1 Å². The number of rotatable bonds is 7. The number of nitrogens with two attached hydrogens (primary N) is 2. The van der Waals surface area contributed by atoms with E-state index < -0.39 is 12.0 Å². The van der Waals surface area contributed by atoms with Crippen LogP contribution in [0, 0.1) is 0 Å². The highest BCUT2D eigenvalue weighted by Crippen LogP contribution is 2.13. The minimum absolute atomic E-state index is 0.175. The fourth-order valence-electron chi connectivity index (χ4n) is 1.28. The van der Waals surface area contributed by atoms with Crippen molar-refractivity contribution < 1.29 is 9.53 Å². The molecule has 0 aliphatic heterocycles. The Hall–Kier alpha value is -1.61. The molecule has 1 aromatic heterocycles. The predicted molar refractivity (Wildman–Crippen MR) is 79.3 cm³/mol. The third-order valence-electron chi connectivity index (χ3n) is 2.21. The lowest BCUT2D eigenvalue weighted by Gasteiger charge is -2.12. The lowest BCUT2D eigenvalue weighted by Crippen LogP contribution is -2.34. The number of carbonyl (C=O) groups excluding carboxylic acids is 1. The minimum Gasteiger partial charge on any atom is -0.465 e. The number of esters is 1. The van der Waals surface area contributed by atoms with Crippen molar-refractivity contribution in [3.63, 3.8) is 0 Å². The van der Waals surface area contributed by atoms with E-state index in [1.54, 1.807) is 11.8 Å². The maximum absolute atomic E-state index is 11.4. The SMILES string of the molecule is CCOC(=O)C(N)CSCc1nc(N)nc(N(C)C)n1. The number of anilines is 2. The van der Waals surface area contributed by atoms with E-state index in [4.69, 9.17) is 16.2 Å². The van der Waals surface area contributed by atoms with Gasteiger partial charge >= 0.3 is 5.97 Å². The predicted octanol–water partition coefficient (Wildman–Crippen LogP) is -0.357. The molecule has 112 valence electrons. The maximum Gasteiger partial charge on any atom is 0.323 e. The molecule has 1 heterocycles. The summed E-state index contributed by atoms with van der Waals surface area (Å²) in [4.78, 5) is 25.4. The van der Waals surface area contributed by atoms with E-state index in [1.165, 1.54) is 11.8 Å². The fraction of sp³-hybridized carbons (Fsp3) is 0.636. The summed E-state index contributed by atoms with van der Waals surface area (Å²) in [6.45, 7) is 2.07. The Labute approximate surface area is 122 Å². The van der Waals surface area contributed by atoms with Crippen LogP contribution in [-0.4, -0.2) is 53.4 Å². The molecular weight excluding hydrogens is 280 g/mol. The zero-order chi connectivity index (χ0) is 15.1. The van der Waals surface area contributed by atoms with Crippen LogP contribution in [0.2, 0.25) is 0 Å². The van der Waals surface area contributed by atoms with Gasteiger partial charge in [0.2, 0.25) is 11.9 Å². The van der Waals surface area contributed by atoms with E-state index >= 15 is 0 Å². The number of carbonyl (C=O) groups is 1. The van der Waals surface area contributed by atoms with E-state index in [9.17, 15) is 4.79 Å². The monoisotopic (exact) mass is 300 g/mol. The first kappa shape index (κ1) is 16.4. The molecule has 1 unspecified atom stereocenters. The lowest BCUT2D eigenvalue weighted by molar-refractivity contribution is -0.144. The number of thioether (sulfide) groups is 1. The molecule has 0 amide bonds. The lowest BCUT2D eigenvalue weighted by atomic mass is 10.4. The van der Waals surface area contributed by atoms with Crippen molar-refractivity contribution in [2.24, 2.45) is 5.73 Å². The van der Waals surface area contributed by atoms with Gasteiger partial charge in [0, 0.05) is 19.8 Å². The molecule has 0 aliphatic carbocycles. The van der Waals surface area contributed by atoms with Gasteiger partial charge in [-0.15, -0.1) is 0 Å². The van der Waals surface area contributed by atoms with E-state index in [0.29, 0.717) is 29.9 Å². The quantitative estimate of drug-likeness (QED) is 0.650. The van der Waals surface area contributed by atoms with Gasteiger partial charge in [0.15, 0.2) is 0 Å². The van der Waals surface area contributed by atoms with Crippen molar-refractivity contribution in [2.75, 3.05) is 37.1 Å². The Kier molecular flexibility index (Phi) is 6.46. The van der Waals surface area contributed by atoms with Crippen LogP contribution in [0.1, 0.15) is 12.7 Å². The molecule has 4 N–H and O–H groups in total. The molecule has 1 rings (SSSR count). The molecule has 0 spiro atoms. The van der Waals surface area contributed by atoms with Crippen molar-refractivity contribution in [3.05, 3.63) is 5.82 Å². The molecule has 0 radical (unpaired) electrons. The average molecular weight is 300 g/mol. The normalized spacial score (nSPS) is 12.0. The molecule has 0 aliphatic rings. The summed E-state index contributed by atoms with van der Waals surface area (Å²) in [5.41, 5.74) is 11.3. The second-order valence-corrected chi connectivity index (χ2v) is 5.21. The van der Waals surface area contributed by atoms with Gasteiger partial charge in [-0.3, -0.25) is 4.79 Å². The summed E-state index contributed by atoms with van der Waals surface area (Å²) >= 11 is 1.45. The summed E-state index contributed by atoms with van der Waals surface area (Å²) in [5, 5.41) is 0. The van der Waals surface area contributed by atoms with Gasteiger partial charge in [-0.2, -0.15) is 26.7 Å². The van der Waals surface area contributed by atoms with Gasteiger partial charge < -0.3 is 21.1 Å². The van der Waals surface area contributed by atoms with Crippen LogP contribution >= 0.6 is 11.8 Å². The first-order valence-electron chi connectivity index (χ1n) is 6.11. The first-order chi connectivity index (χ1) is 9.43. The molecule has 8 nitrogen and oxygen atoms in total. The molecule has 0 bridgehead atoms. The van der Waals surface area contributed by atoms with Crippen molar-refractivity contribution in [3.8, 4) is 0 Å². The third-order valence-corrected chi connectivity index (χ3v) is 3.26. The smallest absolute Gasteiger partial charge is 0.323 e. The summed E-state index contributed by atoms with van der Waals surface area (Å²) in [5.74, 6) is 1.77. The van der Waals surface area contributed by atoms with Gasteiger partial charge in [0.1, 0.15) is 11.9 Å². The molecule has 9 heteroatoms. The van der Waals surface area contributed by atoms with E-state index in [0.717, 1.165) is 0 Å². The zero-order valence-corrected chi connectivity index (χ0v) is 12.7. The standard InChI is InChI=1S/C11H20N6O2S/c1-4-19-9(18)7(12)5-20-6-8-14-10(13)16-11(15-8)17(2)3/h7H,4-6,12H2,1-3H3,(H2,13,14,15,16). The van der Waals surface area contributed by atoms with E-state index in [-0.39, 0.29) is 5.95 Å². The minimum atomic E-state index is -0.646. The second-order valence-electron chi connectivity index (χ2n) is 4.18. The largest absolute Gasteiger partial charge is 0.465 e. The van der Waals surface area contributed by atoms with Gasteiger partial charge in [0.05, 0.1) is 12.4 Å². The van der Waals surface area contributed by atoms with Crippen molar-refractivity contribution >= 4 is 29.6 Å². The molecule has 0 saturated heterocycles. The number of nitrogens with zero attached hydrogens (tertiary/aromatic N) is 4. The van der Waals surface area contributed by atoms with Gasteiger partial charge in [-0.25, -0.2) is 0 Å². The van der Waals surface area contributed by atoms with Crippen LogP contribution in [0.4, 0.5) is 11.9 Å². The summed E-state index contributed by atoms with van der Waals surface area (Å²) in [6, 6.07) is -0.646. The highest BCUT2D eigenvalue weighted by molar-refractivity contribution is 7.98. The Bertz CT molecular complexity index is 457. The fourth-order valence-corrected chi connectivity index (χ4v) is 2.10. The number of hydrogen-bond donors (Lipinski definition) is 2. The summed E-state index contributed by atoms with van der Waals surface area (Å²) < 4.78 is 4.83. The molecule has 0 aromatic carbocycles. The number of aromatic nitrogens is 3. The van der Waals surface area contributed by atoms with Gasteiger partial charge in [-0.05, 0) is 6.92 Å². The Morgan fingerprint density at radius 1 is 1.40 bits per heavy atom. The van der Waals surface area contributed by atoms with Crippen molar-refractivity contribution in [1.82, 2.24) is 15.0 Å². The Balaban J connectivity index is 2.51. The zero-order valence-electron chi connectivity index (χ0n) is 11.9.